The van der Waals surface area contributed by atoms with E-state index in [0.29, 0.717) is 17.7 Å². The molecule has 0 radical (unpaired) electrons. The number of carbonyl (C=O) groups is 1. The molecule has 21 heavy (non-hydrogen) atoms. The zero-order valence-corrected chi connectivity index (χ0v) is 13.7. The van der Waals surface area contributed by atoms with Gasteiger partial charge in [-0.3, -0.25) is 4.79 Å². The zero-order valence-electron chi connectivity index (χ0n) is 13.7. The average molecular weight is 291 g/mol. The van der Waals surface area contributed by atoms with Crippen LogP contribution in [-0.2, 0) is 4.74 Å². The fraction of sp³-hybridized carbons (Fsp3) is 0.647. The van der Waals surface area contributed by atoms with Crippen LogP contribution in [0.1, 0.15) is 67.7 Å². The Morgan fingerprint density at radius 1 is 1.43 bits per heavy atom. The lowest BCUT2D eigenvalue weighted by atomic mass is 9.86. The molecule has 1 fully saturated rings. The van der Waals surface area contributed by atoms with Crippen molar-refractivity contribution in [3.05, 3.63) is 33.2 Å². The van der Waals surface area contributed by atoms with E-state index in [1.165, 1.54) is 0 Å². The van der Waals surface area contributed by atoms with Gasteiger partial charge in [0.15, 0.2) is 0 Å². The highest BCUT2D eigenvalue weighted by molar-refractivity contribution is 5.92. The Kier molecular flexibility index (Phi) is 4.26. The lowest BCUT2D eigenvalue weighted by molar-refractivity contribution is 0.0522. The topological polar surface area (TPSA) is 48.3 Å². The molecule has 1 atom stereocenters. The maximum atomic E-state index is 12.5. The van der Waals surface area contributed by atoms with E-state index in [9.17, 15) is 9.59 Å². The standard InChI is InChI=1S/C17H25NO3/c1-6-21-16(20)15-11(2)10-14(19)18(12(15)3)13-8-7-9-17(13,4)5/h10,13H,6-9H2,1-5H3. The van der Waals surface area contributed by atoms with Crippen LogP contribution in [0.2, 0.25) is 0 Å². The summed E-state index contributed by atoms with van der Waals surface area (Å²) in [6, 6.07) is 1.71. The molecule has 0 saturated heterocycles. The molecule has 2 rings (SSSR count). The van der Waals surface area contributed by atoms with E-state index in [-0.39, 0.29) is 23.0 Å². The lowest BCUT2D eigenvalue weighted by Crippen LogP contribution is -2.34. The highest BCUT2D eigenvalue weighted by atomic mass is 16.5. The maximum Gasteiger partial charge on any atom is 0.340 e. The molecular formula is C17H25NO3. The quantitative estimate of drug-likeness (QED) is 0.802. The number of nitrogens with zero attached hydrogens (tertiary/aromatic N) is 1. The van der Waals surface area contributed by atoms with Gasteiger partial charge >= 0.3 is 5.97 Å². The number of esters is 1. The van der Waals surface area contributed by atoms with Gasteiger partial charge in [-0.25, -0.2) is 4.79 Å². The Hall–Kier alpha value is -1.58. The number of aryl methyl sites for hydroxylation is 1. The van der Waals surface area contributed by atoms with Crippen LogP contribution in [0.15, 0.2) is 10.9 Å². The summed E-state index contributed by atoms with van der Waals surface area (Å²) in [5.74, 6) is -0.336. The van der Waals surface area contributed by atoms with Crippen molar-refractivity contribution in [2.45, 2.75) is 59.9 Å². The fourth-order valence-corrected chi connectivity index (χ4v) is 3.58. The molecule has 0 aliphatic heterocycles. The number of hydrogen-bond acceptors (Lipinski definition) is 3. The summed E-state index contributed by atoms with van der Waals surface area (Å²) in [5, 5.41) is 0. The molecule has 4 heteroatoms. The van der Waals surface area contributed by atoms with E-state index in [1.807, 2.05) is 11.5 Å². The first-order valence-electron chi connectivity index (χ1n) is 7.69. The number of pyridine rings is 1. The largest absolute Gasteiger partial charge is 0.462 e. The van der Waals surface area contributed by atoms with E-state index in [2.05, 4.69) is 13.8 Å². The molecule has 0 N–H and O–H groups in total. The summed E-state index contributed by atoms with van der Waals surface area (Å²) in [7, 11) is 0. The molecule has 1 aromatic rings. The molecule has 4 nitrogen and oxygen atoms in total. The maximum absolute atomic E-state index is 12.5. The summed E-state index contributed by atoms with van der Waals surface area (Å²) in [6.07, 6.45) is 3.21. The molecule has 1 heterocycles. The zero-order chi connectivity index (χ0) is 15.8. The van der Waals surface area contributed by atoms with E-state index < -0.39 is 0 Å². The van der Waals surface area contributed by atoms with Gasteiger partial charge < -0.3 is 9.30 Å². The second kappa shape index (κ2) is 5.66. The number of carbonyl (C=O) groups excluding carboxylic acids is 1. The normalized spacial score (nSPS) is 20.5. The van der Waals surface area contributed by atoms with Crippen LogP contribution in [0.5, 0.6) is 0 Å². The Morgan fingerprint density at radius 2 is 2.10 bits per heavy atom. The van der Waals surface area contributed by atoms with Crippen molar-refractivity contribution in [2.75, 3.05) is 6.61 Å². The first-order valence-corrected chi connectivity index (χ1v) is 7.69. The van der Waals surface area contributed by atoms with Crippen LogP contribution in [-0.4, -0.2) is 17.1 Å². The summed E-state index contributed by atoms with van der Waals surface area (Å²) in [6.45, 7) is 10.2. The van der Waals surface area contributed by atoms with E-state index in [4.69, 9.17) is 4.74 Å². The second-order valence-corrected chi connectivity index (χ2v) is 6.61. The van der Waals surface area contributed by atoms with Crippen LogP contribution < -0.4 is 5.56 Å². The van der Waals surface area contributed by atoms with Crippen LogP contribution >= 0.6 is 0 Å². The molecule has 0 bridgehead atoms. The van der Waals surface area contributed by atoms with Gasteiger partial charge in [-0.15, -0.1) is 0 Å². The highest BCUT2D eigenvalue weighted by Gasteiger charge is 2.37. The van der Waals surface area contributed by atoms with Gasteiger partial charge in [0, 0.05) is 17.8 Å². The van der Waals surface area contributed by atoms with Gasteiger partial charge in [0.05, 0.1) is 12.2 Å². The molecule has 1 aliphatic rings. The Labute approximate surface area is 126 Å². The van der Waals surface area contributed by atoms with E-state index in [0.717, 1.165) is 25.0 Å². The van der Waals surface area contributed by atoms with Gasteiger partial charge in [0.25, 0.3) is 5.56 Å². The molecule has 0 spiro atoms. The van der Waals surface area contributed by atoms with Crippen molar-refractivity contribution < 1.29 is 9.53 Å². The third kappa shape index (κ3) is 2.76. The Morgan fingerprint density at radius 3 is 2.62 bits per heavy atom. The first kappa shape index (κ1) is 15.8. The Bertz CT molecular complexity index is 613. The molecule has 0 aromatic carbocycles. The monoisotopic (exact) mass is 291 g/mol. The minimum Gasteiger partial charge on any atom is -0.462 e. The van der Waals surface area contributed by atoms with Crippen LogP contribution in [0.4, 0.5) is 0 Å². The van der Waals surface area contributed by atoms with Gasteiger partial charge in [0.1, 0.15) is 0 Å². The van der Waals surface area contributed by atoms with Crippen molar-refractivity contribution in [3.63, 3.8) is 0 Å². The molecule has 0 amide bonds. The smallest absolute Gasteiger partial charge is 0.340 e. The predicted octanol–water partition coefficient (Wildman–Crippen LogP) is 3.39. The highest BCUT2D eigenvalue weighted by Crippen LogP contribution is 2.45. The Balaban J connectivity index is 2.60. The SMILES string of the molecule is CCOC(=O)c1c(C)cc(=O)n(C2CCCC2(C)C)c1C. The summed E-state index contributed by atoms with van der Waals surface area (Å²) >= 11 is 0. The van der Waals surface area contributed by atoms with Crippen molar-refractivity contribution in [1.29, 1.82) is 0 Å². The van der Waals surface area contributed by atoms with E-state index in [1.54, 1.807) is 19.9 Å². The van der Waals surface area contributed by atoms with Crippen LogP contribution in [0.3, 0.4) is 0 Å². The molecule has 1 aromatic heterocycles. The molecule has 116 valence electrons. The van der Waals surface area contributed by atoms with Crippen LogP contribution in [0, 0.1) is 19.3 Å². The summed E-state index contributed by atoms with van der Waals surface area (Å²) in [5.41, 5.74) is 2.04. The molecule has 1 aliphatic carbocycles. The first-order chi connectivity index (χ1) is 9.79. The van der Waals surface area contributed by atoms with Gasteiger partial charge in [0.2, 0.25) is 0 Å². The number of rotatable bonds is 3. The summed E-state index contributed by atoms with van der Waals surface area (Å²) in [4.78, 5) is 24.7. The number of hydrogen-bond donors (Lipinski definition) is 0. The number of aromatic nitrogens is 1. The molecular weight excluding hydrogens is 266 g/mol. The molecule has 1 saturated carbocycles. The average Bonchev–Trinajstić information content (AvgIpc) is 2.69. The van der Waals surface area contributed by atoms with Gasteiger partial charge in [-0.05, 0) is 44.6 Å². The molecule has 1 unspecified atom stereocenters. The number of ether oxygens (including phenoxy) is 1. The van der Waals surface area contributed by atoms with Gasteiger partial charge in [-0.1, -0.05) is 20.3 Å². The third-order valence-electron chi connectivity index (χ3n) is 4.69. The van der Waals surface area contributed by atoms with E-state index >= 15 is 0 Å². The summed E-state index contributed by atoms with van der Waals surface area (Å²) < 4.78 is 6.96. The van der Waals surface area contributed by atoms with Gasteiger partial charge in [-0.2, -0.15) is 0 Å². The minimum atomic E-state index is -0.336. The van der Waals surface area contributed by atoms with Crippen molar-refractivity contribution >= 4 is 5.97 Å². The lowest BCUT2D eigenvalue weighted by Gasteiger charge is -2.31. The third-order valence-corrected chi connectivity index (χ3v) is 4.69. The second-order valence-electron chi connectivity index (χ2n) is 6.61. The fourth-order valence-electron chi connectivity index (χ4n) is 3.58. The predicted molar refractivity (Wildman–Crippen MR) is 82.8 cm³/mol. The van der Waals surface area contributed by atoms with Crippen molar-refractivity contribution in [2.24, 2.45) is 5.41 Å². The van der Waals surface area contributed by atoms with Crippen molar-refractivity contribution in [3.8, 4) is 0 Å². The van der Waals surface area contributed by atoms with Crippen molar-refractivity contribution in [1.82, 2.24) is 4.57 Å². The minimum absolute atomic E-state index is 0.0157. The van der Waals surface area contributed by atoms with Crippen LogP contribution in [0.25, 0.3) is 0 Å².